The molecule has 4 rings (SSSR count). The summed E-state index contributed by atoms with van der Waals surface area (Å²) >= 11 is 7.83. The summed E-state index contributed by atoms with van der Waals surface area (Å²) in [7, 11) is 0. The third kappa shape index (κ3) is 3.08. The normalized spacial score (nSPS) is 24.6. The van der Waals surface area contributed by atoms with Crippen molar-refractivity contribution in [1.82, 2.24) is 20.2 Å². The Hall–Kier alpha value is -1.81. The number of hydrogen-bond donors (Lipinski definition) is 2. The van der Waals surface area contributed by atoms with E-state index in [1.165, 1.54) is 0 Å². The average Bonchev–Trinajstić information content (AvgIpc) is 2.91. The zero-order valence-corrected chi connectivity index (χ0v) is 16.3. The van der Waals surface area contributed by atoms with Crippen molar-refractivity contribution in [2.45, 2.75) is 16.8 Å². The van der Waals surface area contributed by atoms with Gasteiger partial charge in [-0.2, -0.15) is 0 Å². The zero-order chi connectivity index (χ0) is 17.4. The number of hydrogen-bond acceptors (Lipinski definition) is 4. The Balaban J connectivity index is 1.60. The summed E-state index contributed by atoms with van der Waals surface area (Å²) in [5, 5.41) is 6.61. The van der Waals surface area contributed by atoms with Gasteiger partial charge in [0.15, 0.2) is 5.11 Å². The zero-order valence-electron chi connectivity index (χ0n) is 13.3. The number of piperidine rings is 1. The minimum atomic E-state index is -0.214. The number of nitrogens with zero attached hydrogens (tertiary/aromatic N) is 3. The lowest BCUT2D eigenvalue weighted by Crippen LogP contribution is -2.35. The van der Waals surface area contributed by atoms with Crippen LogP contribution in [0.5, 0.6) is 0 Å². The highest BCUT2D eigenvalue weighted by molar-refractivity contribution is 14.1. The van der Waals surface area contributed by atoms with Crippen LogP contribution in [0.15, 0.2) is 53.7 Å². The van der Waals surface area contributed by atoms with E-state index in [-0.39, 0.29) is 11.8 Å². The minimum absolute atomic E-state index is 0.167. The summed E-state index contributed by atoms with van der Waals surface area (Å²) in [5.74, 6) is 0.392. The molecular formula is C17H16IN5OS. The lowest BCUT2D eigenvalue weighted by atomic mass is 9.91. The largest absolute Gasteiger partial charge is 0.332 e. The van der Waals surface area contributed by atoms with Gasteiger partial charge >= 0.3 is 0 Å². The van der Waals surface area contributed by atoms with Crippen molar-refractivity contribution >= 4 is 51.8 Å². The molecule has 1 aromatic rings. The van der Waals surface area contributed by atoms with Gasteiger partial charge in [-0.05, 0) is 37.2 Å². The van der Waals surface area contributed by atoms with Crippen LogP contribution in [-0.2, 0) is 4.79 Å². The second-order valence-electron chi connectivity index (χ2n) is 5.99. The van der Waals surface area contributed by atoms with Gasteiger partial charge in [0.2, 0.25) is 11.9 Å². The molecule has 8 heteroatoms. The number of anilines is 1. The maximum absolute atomic E-state index is 12.7. The van der Waals surface area contributed by atoms with Crippen LogP contribution < -0.4 is 10.6 Å². The van der Waals surface area contributed by atoms with Crippen molar-refractivity contribution < 1.29 is 4.79 Å². The quantitative estimate of drug-likeness (QED) is 0.398. The predicted octanol–water partition coefficient (Wildman–Crippen LogP) is 2.53. The fourth-order valence-corrected chi connectivity index (χ4v) is 4.73. The topological polar surface area (TPSA) is 70.1 Å². The SMILES string of the molecule is O=C1C2C=CC=C(NC(=S)Nc3ncccn3)C2=C2C(I)CCCN12. The Morgan fingerprint density at radius 3 is 2.92 bits per heavy atom. The van der Waals surface area contributed by atoms with Crippen LogP contribution in [0.4, 0.5) is 5.95 Å². The molecule has 3 aliphatic rings. The first-order chi connectivity index (χ1) is 12.1. The highest BCUT2D eigenvalue weighted by atomic mass is 127. The number of allylic oxidation sites excluding steroid dienone is 4. The van der Waals surface area contributed by atoms with Gasteiger partial charge in [-0.15, -0.1) is 0 Å². The van der Waals surface area contributed by atoms with Gasteiger partial charge in [0.25, 0.3) is 0 Å². The summed E-state index contributed by atoms with van der Waals surface area (Å²) in [6.07, 6.45) is 11.3. The van der Waals surface area contributed by atoms with Gasteiger partial charge in [0.1, 0.15) is 0 Å². The number of halogens is 1. The second kappa shape index (κ2) is 6.83. The Kier molecular flexibility index (Phi) is 4.55. The Labute approximate surface area is 164 Å². The molecule has 1 aliphatic carbocycles. The van der Waals surface area contributed by atoms with Crippen molar-refractivity contribution in [3.8, 4) is 0 Å². The molecule has 2 N–H and O–H groups in total. The van der Waals surface area contributed by atoms with E-state index in [9.17, 15) is 4.79 Å². The van der Waals surface area contributed by atoms with Crippen molar-refractivity contribution in [1.29, 1.82) is 0 Å². The molecule has 0 saturated carbocycles. The highest BCUT2D eigenvalue weighted by Crippen LogP contribution is 2.43. The van der Waals surface area contributed by atoms with Gasteiger partial charge in [0.05, 0.1) is 9.84 Å². The van der Waals surface area contributed by atoms with E-state index in [0.717, 1.165) is 36.4 Å². The molecule has 1 amide bonds. The fourth-order valence-electron chi connectivity index (χ4n) is 3.41. The molecule has 128 valence electrons. The lowest BCUT2D eigenvalue weighted by Gasteiger charge is -2.30. The summed E-state index contributed by atoms with van der Waals surface area (Å²) < 4.78 is 0.339. The van der Waals surface area contributed by atoms with Crippen LogP contribution in [-0.4, -0.2) is 36.4 Å². The van der Waals surface area contributed by atoms with E-state index < -0.39 is 0 Å². The van der Waals surface area contributed by atoms with Crippen LogP contribution >= 0.6 is 34.8 Å². The van der Waals surface area contributed by atoms with E-state index in [1.807, 2.05) is 23.1 Å². The molecule has 3 heterocycles. The van der Waals surface area contributed by atoms with Crippen molar-refractivity contribution in [2.75, 3.05) is 11.9 Å². The molecule has 0 bridgehead atoms. The second-order valence-corrected chi connectivity index (χ2v) is 7.90. The van der Waals surface area contributed by atoms with Gasteiger partial charge in [0, 0.05) is 35.9 Å². The monoisotopic (exact) mass is 465 g/mol. The number of alkyl halides is 1. The third-order valence-electron chi connectivity index (χ3n) is 4.44. The van der Waals surface area contributed by atoms with Crippen LogP contribution in [0.3, 0.4) is 0 Å². The van der Waals surface area contributed by atoms with E-state index in [2.05, 4.69) is 43.2 Å². The van der Waals surface area contributed by atoms with E-state index in [4.69, 9.17) is 12.2 Å². The first kappa shape index (κ1) is 16.6. The van der Waals surface area contributed by atoms with E-state index in [1.54, 1.807) is 18.5 Å². The Bertz CT molecular complexity index is 820. The van der Waals surface area contributed by atoms with Gasteiger partial charge in [-0.3, -0.25) is 4.79 Å². The molecular weight excluding hydrogens is 449 g/mol. The predicted molar refractivity (Wildman–Crippen MR) is 108 cm³/mol. The Morgan fingerprint density at radius 1 is 1.32 bits per heavy atom. The molecule has 2 atom stereocenters. The number of carbonyl (C=O) groups is 1. The number of fused-ring (bicyclic) bond motifs is 2. The summed E-state index contributed by atoms with van der Waals surface area (Å²) in [4.78, 5) is 22.9. The number of carbonyl (C=O) groups excluding carboxylic acids is 1. The molecule has 25 heavy (non-hydrogen) atoms. The molecule has 0 spiro atoms. The van der Waals surface area contributed by atoms with Gasteiger partial charge in [-0.25, -0.2) is 9.97 Å². The summed E-state index contributed by atoms with van der Waals surface area (Å²) in [6.45, 7) is 0.801. The van der Waals surface area contributed by atoms with Gasteiger partial charge < -0.3 is 15.5 Å². The average molecular weight is 465 g/mol. The van der Waals surface area contributed by atoms with Crippen LogP contribution in [0.25, 0.3) is 0 Å². The minimum Gasteiger partial charge on any atom is -0.332 e. The van der Waals surface area contributed by atoms with Crippen LogP contribution in [0, 0.1) is 5.92 Å². The summed E-state index contributed by atoms with van der Waals surface area (Å²) in [5.41, 5.74) is 3.05. The molecule has 0 radical (unpaired) electrons. The highest BCUT2D eigenvalue weighted by Gasteiger charge is 2.44. The third-order valence-corrected chi connectivity index (χ3v) is 5.86. The Morgan fingerprint density at radius 2 is 2.12 bits per heavy atom. The molecule has 0 aromatic carbocycles. The van der Waals surface area contributed by atoms with E-state index >= 15 is 0 Å². The number of aromatic nitrogens is 2. The standard InChI is InChI=1S/C17H16IN5OS/c18-11-5-2-9-23-14(11)13-10(15(23)24)4-1-6-12(13)21-17(25)22-16-19-7-3-8-20-16/h1,3-4,6-8,10-11H,2,5,9H2,(H2,19,20,21,22,25). The molecule has 2 unspecified atom stereocenters. The maximum atomic E-state index is 12.7. The number of thiocarbonyl (C=S) groups is 1. The van der Waals surface area contributed by atoms with Crippen LogP contribution in [0.2, 0.25) is 0 Å². The first-order valence-corrected chi connectivity index (χ1v) is 9.74. The maximum Gasteiger partial charge on any atom is 0.238 e. The molecule has 2 aliphatic heterocycles. The molecule has 1 saturated heterocycles. The van der Waals surface area contributed by atoms with E-state index in [0.29, 0.717) is 15.0 Å². The van der Waals surface area contributed by atoms with Gasteiger partial charge in [-0.1, -0.05) is 34.7 Å². The molecule has 1 aromatic heterocycles. The van der Waals surface area contributed by atoms with Crippen LogP contribution in [0.1, 0.15) is 12.8 Å². The summed E-state index contributed by atoms with van der Waals surface area (Å²) in [6, 6.07) is 1.75. The number of amides is 1. The number of nitrogens with one attached hydrogen (secondary N) is 2. The smallest absolute Gasteiger partial charge is 0.238 e. The number of rotatable bonds is 2. The molecule has 6 nitrogen and oxygen atoms in total. The lowest BCUT2D eigenvalue weighted by molar-refractivity contribution is -0.129. The van der Waals surface area contributed by atoms with Crippen molar-refractivity contribution in [3.05, 3.63) is 53.7 Å². The van der Waals surface area contributed by atoms with Crippen molar-refractivity contribution in [3.63, 3.8) is 0 Å². The fraction of sp³-hybridized carbons (Fsp3) is 0.294. The first-order valence-electron chi connectivity index (χ1n) is 8.08. The van der Waals surface area contributed by atoms with Crippen molar-refractivity contribution in [2.24, 2.45) is 5.92 Å². The molecule has 1 fully saturated rings.